The van der Waals surface area contributed by atoms with Gasteiger partial charge in [-0.25, -0.2) is 8.42 Å². The van der Waals surface area contributed by atoms with Gasteiger partial charge in [-0.2, -0.15) is 0 Å². The Labute approximate surface area is 128 Å². The lowest BCUT2D eigenvalue weighted by Crippen LogP contribution is -2.26. The topological polar surface area (TPSA) is 63.2 Å². The smallest absolute Gasteiger partial charge is 0.224 e. The van der Waals surface area contributed by atoms with Crippen LogP contribution in [0.2, 0.25) is 10.0 Å². The number of sulfone groups is 1. The largest absolute Gasteiger partial charge is 0.324 e. The molecule has 1 saturated heterocycles. The minimum absolute atomic E-state index is 0.0970. The van der Waals surface area contributed by atoms with Crippen LogP contribution in [0.1, 0.15) is 19.3 Å². The van der Waals surface area contributed by atoms with E-state index in [9.17, 15) is 13.2 Å². The monoisotopic (exact) mass is 335 g/mol. The number of nitrogens with one attached hydrogen (secondary N) is 1. The second kappa shape index (κ2) is 6.33. The minimum atomic E-state index is -2.90. The number of carbonyl (C=O) groups excluding carboxylic acids is 1. The SMILES string of the molecule is O=C(CC1CCS(=O)(=O)CC1)Nc1c(Cl)cccc1Cl. The number of carbonyl (C=O) groups is 1. The van der Waals surface area contributed by atoms with Crippen LogP contribution in [0.3, 0.4) is 0 Å². The van der Waals surface area contributed by atoms with Crippen LogP contribution in [-0.2, 0) is 14.6 Å². The van der Waals surface area contributed by atoms with Gasteiger partial charge in [0.15, 0.2) is 0 Å². The number of hydrogen-bond acceptors (Lipinski definition) is 3. The highest BCUT2D eigenvalue weighted by Crippen LogP contribution is 2.30. The zero-order valence-electron chi connectivity index (χ0n) is 10.7. The maximum Gasteiger partial charge on any atom is 0.224 e. The van der Waals surface area contributed by atoms with E-state index >= 15 is 0 Å². The Morgan fingerprint density at radius 2 is 1.75 bits per heavy atom. The molecule has 0 spiro atoms. The van der Waals surface area contributed by atoms with Gasteiger partial charge in [0.25, 0.3) is 0 Å². The predicted octanol–water partition coefficient (Wildman–Crippen LogP) is 3.15. The molecule has 1 aliphatic heterocycles. The fourth-order valence-electron chi connectivity index (χ4n) is 2.21. The first kappa shape index (κ1) is 15.6. The first-order valence-electron chi connectivity index (χ1n) is 6.32. The molecule has 0 unspecified atom stereocenters. The second-order valence-electron chi connectivity index (χ2n) is 4.94. The summed E-state index contributed by atoms with van der Waals surface area (Å²) in [5.41, 5.74) is 0.407. The summed E-state index contributed by atoms with van der Waals surface area (Å²) in [4.78, 5) is 12.0. The molecular formula is C13H15Cl2NO3S. The predicted molar refractivity (Wildman–Crippen MR) is 81.1 cm³/mol. The molecule has 1 amide bonds. The highest BCUT2D eigenvalue weighted by molar-refractivity contribution is 7.91. The fourth-order valence-corrected chi connectivity index (χ4v) is 4.29. The summed E-state index contributed by atoms with van der Waals surface area (Å²) in [6.07, 6.45) is 1.36. The normalized spacial score (nSPS) is 18.7. The Morgan fingerprint density at radius 1 is 1.20 bits per heavy atom. The molecular weight excluding hydrogens is 321 g/mol. The van der Waals surface area contributed by atoms with Crippen molar-refractivity contribution < 1.29 is 13.2 Å². The van der Waals surface area contributed by atoms with Crippen molar-refractivity contribution in [1.82, 2.24) is 0 Å². The molecule has 0 aromatic heterocycles. The summed E-state index contributed by atoms with van der Waals surface area (Å²) in [5.74, 6) is 0.236. The summed E-state index contributed by atoms with van der Waals surface area (Å²) in [6, 6.07) is 5.00. The molecule has 110 valence electrons. The Morgan fingerprint density at radius 3 is 2.30 bits per heavy atom. The molecule has 4 nitrogen and oxygen atoms in total. The Balaban J connectivity index is 1.93. The minimum Gasteiger partial charge on any atom is -0.324 e. The number of rotatable bonds is 3. The van der Waals surface area contributed by atoms with Crippen molar-refractivity contribution in [2.24, 2.45) is 5.92 Å². The zero-order valence-corrected chi connectivity index (χ0v) is 13.1. The maximum atomic E-state index is 12.0. The molecule has 1 aromatic rings. The van der Waals surface area contributed by atoms with E-state index in [0.717, 1.165) is 0 Å². The first-order chi connectivity index (χ1) is 9.37. The number of halogens is 2. The van der Waals surface area contributed by atoms with Crippen molar-refractivity contribution in [3.05, 3.63) is 28.2 Å². The van der Waals surface area contributed by atoms with Gasteiger partial charge in [0.05, 0.1) is 27.2 Å². The summed E-state index contributed by atoms with van der Waals surface area (Å²) < 4.78 is 22.7. The van der Waals surface area contributed by atoms with Gasteiger partial charge in [-0.3, -0.25) is 4.79 Å². The number of para-hydroxylation sites is 1. The van der Waals surface area contributed by atoms with Crippen molar-refractivity contribution in [3.8, 4) is 0 Å². The lowest BCUT2D eigenvalue weighted by Gasteiger charge is -2.21. The standard InChI is InChI=1S/C13H15Cl2NO3S/c14-10-2-1-3-11(15)13(10)16-12(17)8-9-4-6-20(18,19)7-5-9/h1-3,9H,4-8H2,(H,16,17). The molecule has 1 N–H and O–H groups in total. The molecule has 0 radical (unpaired) electrons. The fraction of sp³-hybridized carbons (Fsp3) is 0.462. The Kier molecular flexibility index (Phi) is 4.94. The van der Waals surface area contributed by atoms with Crippen molar-refractivity contribution in [2.75, 3.05) is 16.8 Å². The van der Waals surface area contributed by atoms with E-state index < -0.39 is 9.84 Å². The van der Waals surface area contributed by atoms with E-state index in [1.54, 1.807) is 18.2 Å². The summed E-state index contributed by atoms with van der Waals surface area (Å²) in [6.45, 7) is 0. The van der Waals surface area contributed by atoms with Crippen LogP contribution < -0.4 is 5.32 Å². The van der Waals surface area contributed by atoms with Gasteiger partial charge < -0.3 is 5.32 Å². The van der Waals surface area contributed by atoms with Gasteiger partial charge >= 0.3 is 0 Å². The van der Waals surface area contributed by atoms with Crippen LogP contribution in [0.5, 0.6) is 0 Å². The van der Waals surface area contributed by atoms with E-state index in [-0.39, 0.29) is 29.8 Å². The van der Waals surface area contributed by atoms with Crippen molar-refractivity contribution in [1.29, 1.82) is 0 Å². The first-order valence-corrected chi connectivity index (χ1v) is 8.89. The van der Waals surface area contributed by atoms with E-state index in [4.69, 9.17) is 23.2 Å². The van der Waals surface area contributed by atoms with E-state index in [2.05, 4.69) is 5.32 Å². The van der Waals surface area contributed by atoms with Crippen LogP contribution in [-0.4, -0.2) is 25.8 Å². The van der Waals surface area contributed by atoms with E-state index in [0.29, 0.717) is 28.6 Å². The van der Waals surface area contributed by atoms with Crippen molar-refractivity contribution >= 4 is 44.6 Å². The van der Waals surface area contributed by atoms with Gasteiger partial charge in [-0.05, 0) is 30.9 Å². The Hall–Kier alpha value is -0.780. The second-order valence-corrected chi connectivity index (χ2v) is 8.06. The van der Waals surface area contributed by atoms with Gasteiger partial charge in [0.1, 0.15) is 9.84 Å². The van der Waals surface area contributed by atoms with Crippen molar-refractivity contribution in [3.63, 3.8) is 0 Å². The van der Waals surface area contributed by atoms with Gasteiger partial charge in [-0.1, -0.05) is 29.3 Å². The number of benzene rings is 1. The highest BCUT2D eigenvalue weighted by atomic mass is 35.5. The molecule has 20 heavy (non-hydrogen) atoms. The summed E-state index contributed by atoms with van der Waals surface area (Å²) in [5, 5.41) is 3.47. The average molecular weight is 336 g/mol. The summed E-state index contributed by atoms with van der Waals surface area (Å²) >= 11 is 12.0. The Bertz CT molecular complexity index is 582. The maximum absolute atomic E-state index is 12.0. The molecule has 0 bridgehead atoms. The van der Waals surface area contributed by atoms with Crippen LogP contribution in [0, 0.1) is 5.92 Å². The van der Waals surface area contributed by atoms with E-state index in [1.165, 1.54) is 0 Å². The molecule has 0 aliphatic carbocycles. The van der Waals surface area contributed by atoms with Crippen LogP contribution >= 0.6 is 23.2 Å². The molecule has 2 rings (SSSR count). The molecule has 7 heteroatoms. The molecule has 1 aliphatic rings. The van der Waals surface area contributed by atoms with Gasteiger partial charge in [-0.15, -0.1) is 0 Å². The van der Waals surface area contributed by atoms with Gasteiger partial charge in [0, 0.05) is 6.42 Å². The lowest BCUT2D eigenvalue weighted by molar-refractivity contribution is -0.117. The highest BCUT2D eigenvalue weighted by Gasteiger charge is 2.25. The third-order valence-electron chi connectivity index (χ3n) is 3.38. The molecule has 0 atom stereocenters. The van der Waals surface area contributed by atoms with E-state index in [1.807, 2.05) is 0 Å². The quantitative estimate of drug-likeness (QED) is 0.922. The van der Waals surface area contributed by atoms with Gasteiger partial charge in [0.2, 0.25) is 5.91 Å². The third kappa shape index (κ3) is 4.11. The number of anilines is 1. The lowest BCUT2D eigenvalue weighted by atomic mass is 9.98. The van der Waals surface area contributed by atoms with Crippen LogP contribution in [0.4, 0.5) is 5.69 Å². The van der Waals surface area contributed by atoms with Crippen LogP contribution in [0.15, 0.2) is 18.2 Å². The average Bonchev–Trinajstić information content (AvgIpc) is 2.37. The number of hydrogen-bond donors (Lipinski definition) is 1. The number of amides is 1. The van der Waals surface area contributed by atoms with Crippen LogP contribution in [0.25, 0.3) is 0 Å². The molecule has 1 heterocycles. The molecule has 0 saturated carbocycles. The summed E-state index contributed by atoms with van der Waals surface area (Å²) in [7, 11) is -2.90. The third-order valence-corrected chi connectivity index (χ3v) is 5.72. The van der Waals surface area contributed by atoms with Crippen molar-refractivity contribution in [2.45, 2.75) is 19.3 Å². The zero-order chi connectivity index (χ0) is 14.8. The molecule has 1 fully saturated rings. The molecule has 1 aromatic carbocycles.